The predicted molar refractivity (Wildman–Crippen MR) is 136 cm³/mol. The summed E-state index contributed by atoms with van der Waals surface area (Å²) in [7, 11) is 0. The van der Waals surface area contributed by atoms with Crippen LogP contribution >= 0.6 is 0 Å². The van der Waals surface area contributed by atoms with Crippen LogP contribution in [0.1, 0.15) is 74.8 Å². The number of carbonyl (C=O) groups excluding carboxylic acids is 2. The SMILES string of the molecule is CC1=NC2=C(C(=O)CC(c3ccccc3)C2)C(c2ccc([N+](=O)[O-])cc2)C1C(=O)OC1CCCCC1. The molecule has 1 heterocycles. The number of ether oxygens (including phenoxy) is 1. The number of nitro benzene ring substituents is 1. The predicted octanol–water partition coefficient (Wildman–Crippen LogP) is 6.05. The van der Waals surface area contributed by atoms with Gasteiger partial charge in [-0.1, -0.05) is 48.9 Å². The summed E-state index contributed by atoms with van der Waals surface area (Å²) in [6.07, 6.45) is 5.76. The molecule has 7 heteroatoms. The number of allylic oxidation sites excluding steroid dienone is 2. The fourth-order valence-corrected chi connectivity index (χ4v) is 5.91. The average Bonchev–Trinajstić information content (AvgIpc) is 2.89. The van der Waals surface area contributed by atoms with E-state index in [1.165, 1.54) is 12.1 Å². The smallest absolute Gasteiger partial charge is 0.315 e. The van der Waals surface area contributed by atoms with Crippen LogP contribution in [0.4, 0.5) is 5.69 Å². The Morgan fingerprint density at radius 1 is 0.972 bits per heavy atom. The van der Waals surface area contributed by atoms with Gasteiger partial charge in [-0.25, -0.2) is 0 Å². The van der Waals surface area contributed by atoms with Gasteiger partial charge in [0.1, 0.15) is 12.0 Å². The number of rotatable bonds is 5. The van der Waals surface area contributed by atoms with E-state index >= 15 is 0 Å². The van der Waals surface area contributed by atoms with E-state index in [4.69, 9.17) is 9.73 Å². The quantitative estimate of drug-likeness (QED) is 0.291. The second-order valence-corrected chi connectivity index (χ2v) is 10.1. The Balaban J connectivity index is 1.53. The molecule has 3 unspecified atom stereocenters. The molecule has 2 aromatic carbocycles. The van der Waals surface area contributed by atoms with Crippen molar-refractivity contribution in [1.29, 1.82) is 0 Å². The van der Waals surface area contributed by atoms with Crippen molar-refractivity contribution in [2.75, 3.05) is 0 Å². The van der Waals surface area contributed by atoms with E-state index in [1.54, 1.807) is 12.1 Å². The summed E-state index contributed by atoms with van der Waals surface area (Å²) in [5.74, 6) is -1.67. The van der Waals surface area contributed by atoms with E-state index in [1.807, 2.05) is 37.3 Å². The second-order valence-electron chi connectivity index (χ2n) is 10.1. The van der Waals surface area contributed by atoms with E-state index in [-0.39, 0.29) is 29.5 Å². The lowest BCUT2D eigenvalue weighted by Crippen LogP contribution is -2.39. The lowest BCUT2D eigenvalue weighted by atomic mass is 9.69. The topological polar surface area (TPSA) is 98.9 Å². The molecule has 0 bridgehead atoms. The van der Waals surface area contributed by atoms with Gasteiger partial charge in [-0.05, 0) is 56.1 Å². The van der Waals surface area contributed by atoms with Gasteiger partial charge in [0.05, 0.1) is 4.92 Å². The highest BCUT2D eigenvalue weighted by atomic mass is 16.6. The van der Waals surface area contributed by atoms with Crippen LogP contribution in [0.15, 0.2) is 70.9 Å². The van der Waals surface area contributed by atoms with E-state index in [0.717, 1.165) is 37.7 Å². The molecule has 1 aliphatic heterocycles. The van der Waals surface area contributed by atoms with Gasteiger partial charge in [0.25, 0.3) is 5.69 Å². The Labute approximate surface area is 210 Å². The fraction of sp³-hybridized carbons (Fsp3) is 0.414. The minimum absolute atomic E-state index is 0.0252. The number of hydrogen-bond donors (Lipinski definition) is 0. The van der Waals surface area contributed by atoms with E-state index in [0.29, 0.717) is 35.4 Å². The molecule has 3 aliphatic rings. The number of benzene rings is 2. The zero-order valence-electron chi connectivity index (χ0n) is 20.4. The van der Waals surface area contributed by atoms with Crippen LogP contribution in [0.25, 0.3) is 0 Å². The van der Waals surface area contributed by atoms with Gasteiger partial charge in [-0.2, -0.15) is 0 Å². The first kappa shape index (κ1) is 24.1. The number of esters is 1. The normalized spacial score (nSPS) is 24.6. The van der Waals surface area contributed by atoms with Crippen LogP contribution in [0, 0.1) is 16.0 Å². The summed E-state index contributed by atoms with van der Waals surface area (Å²) >= 11 is 0. The highest BCUT2D eigenvalue weighted by Gasteiger charge is 2.45. The van der Waals surface area contributed by atoms with Crippen LogP contribution in [-0.4, -0.2) is 28.5 Å². The van der Waals surface area contributed by atoms with E-state index in [9.17, 15) is 19.7 Å². The summed E-state index contributed by atoms with van der Waals surface area (Å²) in [5, 5.41) is 11.2. The largest absolute Gasteiger partial charge is 0.462 e. The fourth-order valence-electron chi connectivity index (χ4n) is 5.91. The summed E-state index contributed by atoms with van der Waals surface area (Å²) in [4.78, 5) is 42.8. The zero-order valence-corrected chi connectivity index (χ0v) is 20.4. The molecular weight excluding hydrogens is 456 g/mol. The first-order valence-corrected chi connectivity index (χ1v) is 12.7. The van der Waals surface area contributed by atoms with Crippen molar-refractivity contribution in [3.63, 3.8) is 0 Å². The number of nitrogens with zero attached hydrogens (tertiary/aromatic N) is 2. The number of hydrogen-bond acceptors (Lipinski definition) is 6. The van der Waals surface area contributed by atoms with Crippen molar-refractivity contribution in [2.24, 2.45) is 10.9 Å². The minimum atomic E-state index is -0.732. The van der Waals surface area contributed by atoms with Crippen LogP contribution in [0.2, 0.25) is 0 Å². The maximum Gasteiger partial charge on any atom is 0.315 e. The third-order valence-corrected chi connectivity index (χ3v) is 7.71. The monoisotopic (exact) mass is 486 g/mol. The highest BCUT2D eigenvalue weighted by molar-refractivity contribution is 6.09. The number of carbonyl (C=O) groups is 2. The molecular formula is C29H30N2O5. The Kier molecular flexibility index (Phi) is 6.81. The Hall–Kier alpha value is -3.61. The molecule has 7 nitrogen and oxygen atoms in total. The molecule has 1 saturated carbocycles. The van der Waals surface area contributed by atoms with Crippen LogP contribution < -0.4 is 0 Å². The van der Waals surface area contributed by atoms with Gasteiger partial charge in [0.15, 0.2) is 5.78 Å². The summed E-state index contributed by atoms with van der Waals surface area (Å²) in [5.41, 5.74) is 3.64. The van der Waals surface area contributed by atoms with Crippen molar-refractivity contribution in [2.45, 2.75) is 69.8 Å². The molecule has 0 N–H and O–H groups in total. The van der Waals surface area contributed by atoms with Crippen LogP contribution in [0.3, 0.4) is 0 Å². The molecule has 2 aliphatic carbocycles. The van der Waals surface area contributed by atoms with Crippen molar-refractivity contribution >= 4 is 23.2 Å². The number of ketones is 1. The molecule has 5 rings (SSSR count). The van der Waals surface area contributed by atoms with Gasteiger partial charge in [-0.15, -0.1) is 0 Å². The van der Waals surface area contributed by atoms with Gasteiger partial charge >= 0.3 is 5.97 Å². The standard InChI is InChI=1S/C29H30N2O5/c1-18-26(29(33)36-23-10-6-3-7-11-23)27(20-12-14-22(15-13-20)31(34)35)28-24(30-18)16-21(17-25(28)32)19-8-4-2-5-9-19/h2,4-5,8-9,12-15,21,23,26-27H,3,6-7,10-11,16-17H2,1H3. The van der Waals surface area contributed by atoms with Crippen molar-refractivity contribution in [3.8, 4) is 0 Å². The number of Topliss-reactive ketones (excluding diaryl/α,β-unsaturated/α-hetero) is 1. The number of non-ortho nitro benzene ring substituents is 1. The summed E-state index contributed by atoms with van der Waals surface area (Å²) in [6.45, 7) is 1.82. The Morgan fingerprint density at radius 3 is 2.33 bits per heavy atom. The van der Waals surface area contributed by atoms with Gasteiger partial charge in [-0.3, -0.25) is 24.7 Å². The van der Waals surface area contributed by atoms with Gasteiger partial charge in [0.2, 0.25) is 0 Å². The van der Waals surface area contributed by atoms with Crippen molar-refractivity contribution in [3.05, 3.63) is 87.1 Å². The zero-order chi connectivity index (χ0) is 25.2. The number of aliphatic imine (C=N–C) groups is 1. The molecule has 2 aromatic rings. The Bertz CT molecular complexity index is 1230. The summed E-state index contributed by atoms with van der Waals surface area (Å²) in [6, 6.07) is 16.1. The molecule has 0 aromatic heterocycles. The molecule has 0 amide bonds. The van der Waals surface area contributed by atoms with Crippen LogP contribution in [-0.2, 0) is 14.3 Å². The van der Waals surface area contributed by atoms with Gasteiger partial charge < -0.3 is 4.74 Å². The minimum Gasteiger partial charge on any atom is -0.462 e. The molecule has 0 spiro atoms. The lowest BCUT2D eigenvalue weighted by Gasteiger charge is -2.37. The molecule has 186 valence electrons. The third-order valence-electron chi connectivity index (χ3n) is 7.71. The molecule has 36 heavy (non-hydrogen) atoms. The highest BCUT2D eigenvalue weighted by Crippen LogP contribution is 2.47. The first-order valence-electron chi connectivity index (χ1n) is 12.7. The maximum absolute atomic E-state index is 13.6. The maximum atomic E-state index is 13.6. The molecule has 0 saturated heterocycles. The van der Waals surface area contributed by atoms with E-state index < -0.39 is 16.8 Å². The van der Waals surface area contributed by atoms with Crippen LogP contribution in [0.5, 0.6) is 0 Å². The first-order chi connectivity index (χ1) is 17.4. The third kappa shape index (κ3) is 4.74. The second kappa shape index (κ2) is 10.2. The average molecular weight is 487 g/mol. The number of nitro groups is 1. The Morgan fingerprint density at radius 2 is 1.67 bits per heavy atom. The molecule has 1 fully saturated rings. The van der Waals surface area contributed by atoms with Crippen molar-refractivity contribution < 1.29 is 19.2 Å². The lowest BCUT2D eigenvalue weighted by molar-refractivity contribution is -0.384. The van der Waals surface area contributed by atoms with Crippen molar-refractivity contribution in [1.82, 2.24) is 0 Å². The van der Waals surface area contributed by atoms with Gasteiger partial charge in [0, 0.05) is 41.5 Å². The summed E-state index contributed by atoms with van der Waals surface area (Å²) < 4.78 is 5.96. The van der Waals surface area contributed by atoms with E-state index in [2.05, 4.69) is 0 Å². The molecule has 3 atom stereocenters. The molecule has 0 radical (unpaired) electrons.